The first kappa shape index (κ1) is 21.6. The van der Waals surface area contributed by atoms with Crippen LogP contribution < -0.4 is 16.0 Å². The molecule has 3 rings (SSSR count). The number of hydrogen-bond acceptors (Lipinski definition) is 6. The second kappa shape index (κ2) is 7.97. The molecule has 1 N–H and O–H groups in total. The number of nitrogens with one attached hydrogen (secondary N) is 1. The van der Waals surface area contributed by atoms with Crippen molar-refractivity contribution in [2.24, 2.45) is 5.92 Å². The molecule has 0 bridgehead atoms. The average molecular weight is 412 g/mol. The van der Waals surface area contributed by atoms with Gasteiger partial charge in [-0.2, -0.15) is 0 Å². The normalized spacial score (nSPS) is 12.6. The summed E-state index contributed by atoms with van der Waals surface area (Å²) in [6.07, 6.45) is -0.0513. The molecule has 1 aromatic carbocycles. The zero-order valence-electron chi connectivity index (χ0n) is 18.1. The maximum Gasteiger partial charge on any atom is 0.340 e. The average Bonchev–Trinajstić information content (AvgIpc) is 2.92. The minimum Gasteiger partial charge on any atom is -0.548 e. The molecule has 2 aromatic heterocycles. The number of aryl methyl sites for hydroxylation is 4. The van der Waals surface area contributed by atoms with Crippen LogP contribution in [0.4, 0.5) is 0 Å². The zero-order chi connectivity index (χ0) is 22.3. The van der Waals surface area contributed by atoms with Gasteiger partial charge in [-0.3, -0.25) is 4.79 Å². The highest BCUT2D eigenvalue weighted by Crippen LogP contribution is 2.36. The number of amides is 1. The summed E-state index contributed by atoms with van der Waals surface area (Å²) >= 11 is 0. The van der Waals surface area contributed by atoms with Gasteiger partial charge < -0.3 is 24.1 Å². The quantitative estimate of drug-likeness (QED) is 0.623. The first-order chi connectivity index (χ1) is 14.0. The van der Waals surface area contributed by atoms with Crippen molar-refractivity contribution in [1.82, 2.24) is 5.32 Å². The monoisotopic (exact) mass is 412 g/mol. The number of carbonyl (C=O) groups is 2. The molecule has 7 nitrogen and oxygen atoms in total. The van der Waals surface area contributed by atoms with Crippen molar-refractivity contribution in [1.29, 1.82) is 0 Å². The van der Waals surface area contributed by atoms with E-state index in [1.165, 1.54) is 0 Å². The number of carbonyl (C=O) groups excluding carboxylic acids is 2. The largest absolute Gasteiger partial charge is 0.548 e. The van der Waals surface area contributed by atoms with E-state index in [-0.39, 0.29) is 24.3 Å². The predicted molar refractivity (Wildman–Crippen MR) is 111 cm³/mol. The smallest absolute Gasteiger partial charge is 0.340 e. The summed E-state index contributed by atoms with van der Waals surface area (Å²) in [6.45, 7) is 11.2. The van der Waals surface area contributed by atoms with Crippen molar-refractivity contribution in [3.63, 3.8) is 0 Å². The molecule has 1 amide bonds. The molecule has 0 fully saturated rings. The van der Waals surface area contributed by atoms with E-state index in [1.807, 2.05) is 34.6 Å². The standard InChI is InChI=1S/C23H27NO6/c1-10(2)7-16(22(26)27)24-18(25)9-15-13(5)20-17(30-23(15)28)8-11(3)19-12(4)14(6)29-21(19)20/h8,10,16H,7,9H2,1-6H3,(H,24,25)(H,26,27)/p-1/t16-/m0/s1. The third-order valence-corrected chi connectivity index (χ3v) is 5.54. The first-order valence-corrected chi connectivity index (χ1v) is 9.97. The van der Waals surface area contributed by atoms with E-state index >= 15 is 0 Å². The minimum absolute atomic E-state index is 0.0580. The second-order valence-electron chi connectivity index (χ2n) is 8.29. The second-order valence-corrected chi connectivity index (χ2v) is 8.29. The molecule has 0 saturated carbocycles. The highest BCUT2D eigenvalue weighted by atomic mass is 16.4. The van der Waals surface area contributed by atoms with Crippen LogP contribution in [0.2, 0.25) is 0 Å². The summed E-state index contributed by atoms with van der Waals surface area (Å²) in [5.41, 5.74) is 3.11. The van der Waals surface area contributed by atoms with Crippen LogP contribution in [0.5, 0.6) is 0 Å². The Bertz CT molecular complexity index is 1210. The van der Waals surface area contributed by atoms with Gasteiger partial charge in [-0.25, -0.2) is 4.79 Å². The van der Waals surface area contributed by atoms with E-state index in [1.54, 1.807) is 13.0 Å². The van der Waals surface area contributed by atoms with Gasteiger partial charge in [0, 0.05) is 5.39 Å². The van der Waals surface area contributed by atoms with Crippen LogP contribution in [0.3, 0.4) is 0 Å². The zero-order valence-corrected chi connectivity index (χ0v) is 18.1. The number of rotatable bonds is 6. The summed E-state index contributed by atoms with van der Waals surface area (Å²) < 4.78 is 11.5. The summed E-state index contributed by atoms with van der Waals surface area (Å²) in [6, 6.07) is 0.683. The van der Waals surface area contributed by atoms with E-state index < -0.39 is 23.5 Å². The summed E-state index contributed by atoms with van der Waals surface area (Å²) in [7, 11) is 0. The topological polar surface area (TPSA) is 113 Å². The van der Waals surface area contributed by atoms with E-state index in [0.29, 0.717) is 22.1 Å². The number of hydrogen-bond donors (Lipinski definition) is 1. The van der Waals surface area contributed by atoms with Gasteiger partial charge in [-0.05, 0) is 62.8 Å². The van der Waals surface area contributed by atoms with Gasteiger partial charge in [0.1, 0.15) is 16.9 Å². The van der Waals surface area contributed by atoms with E-state index in [2.05, 4.69) is 5.32 Å². The molecule has 0 aliphatic carbocycles. The van der Waals surface area contributed by atoms with E-state index in [4.69, 9.17) is 8.83 Å². The maximum absolute atomic E-state index is 12.6. The van der Waals surface area contributed by atoms with Crippen molar-refractivity contribution in [2.45, 2.75) is 60.4 Å². The van der Waals surface area contributed by atoms with Gasteiger partial charge in [0.15, 0.2) is 0 Å². The molecule has 0 radical (unpaired) electrons. The Balaban J connectivity index is 2.06. The van der Waals surface area contributed by atoms with Crippen LogP contribution in [0.25, 0.3) is 21.9 Å². The van der Waals surface area contributed by atoms with Gasteiger partial charge in [0.05, 0.1) is 29.4 Å². The molecule has 0 saturated heterocycles. The van der Waals surface area contributed by atoms with Gasteiger partial charge in [0.2, 0.25) is 5.91 Å². The molecular weight excluding hydrogens is 386 g/mol. The molecule has 160 valence electrons. The maximum atomic E-state index is 12.6. The fraction of sp³-hybridized carbons (Fsp3) is 0.435. The van der Waals surface area contributed by atoms with Crippen molar-refractivity contribution in [3.8, 4) is 0 Å². The van der Waals surface area contributed by atoms with E-state index in [9.17, 15) is 19.5 Å². The fourth-order valence-electron chi connectivity index (χ4n) is 3.93. The lowest BCUT2D eigenvalue weighted by molar-refractivity contribution is -0.308. The molecule has 0 aliphatic rings. The Morgan fingerprint density at radius 2 is 1.73 bits per heavy atom. The molecule has 7 heteroatoms. The number of aliphatic carboxylic acids is 1. The van der Waals surface area contributed by atoms with Gasteiger partial charge in [-0.15, -0.1) is 0 Å². The van der Waals surface area contributed by atoms with Crippen molar-refractivity contribution >= 4 is 33.8 Å². The summed E-state index contributed by atoms with van der Waals surface area (Å²) in [5, 5.41) is 15.4. The molecule has 3 aromatic rings. The van der Waals surface area contributed by atoms with Crippen LogP contribution in [-0.4, -0.2) is 17.9 Å². The number of benzene rings is 1. The lowest BCUT2D eigenvalue weighted by Gasteiger charge is -2.21. The molecule has 30 heavy (non-hydrogen) atoms. The lowest BCUT2D eigenvalue weighted by atomic mass is 9.98. The highest BCUT2D eigenvalue weighted by Gasteiger charge is 2.22. The van der Waals surface area contributed by atoms with Crippen LogP contribution in [0, 0.1) is 33.6 Å². The SMILES string of the molecule is Cc1oc2c(c(C)cc3oc(=O)c(CC(=O)N[C@@H](CC(C)C)C(=O)[O-])c(C)c32)c1C. The number of furan rings is 1. The molecule has 1 atom stereocenters. The summed E-state index contributed by atoms with van der Waals surface area (Å²) in [5.74, 6) is -1.09. The molecule has 0 spiro atoms. The predicted octanol–water partition coefficient (Wildman–Crippen LogP) is 2.60. The Hall–Kier alpha value is -3.09. The van der Waals surface area contributed by atoms with Gasteiger partial charge >= 0.3 is 5.63 Å². The Morgan fingerprint density at radius 3 is 2.33 bits per heavy atom. The third kappa shape index (κ3) is 3.84. The van der Waals surface area contributed by atoms with Crippen LogP contribution in [-0.2, 0) is 16.0 Å². The minimum atomic E-state index is -1.35. The number of carboxylic acid groups (broad SMARTS) is 1. The van der Waals surface area contributed by atoms with Crippen LogP contribution in [0.1, 0.15) is 48.3 Å². The lowest BCUT2D eigenvalue weighted by Crippen LogP contribution is -2.49. The van der Waals surface area contributed by atoms with Crippen LogP contribution >= 0.6 is 0 Å². The third-order valence-electron chi connectivity index (χ3n) is 5.54. The fourth-order valence-corrected chi connectivity index (χ4v) is 3.93. The Morgan fingerprint density at radius 1 is 1.07 bits per heavy atom. The number of fused-ring (bicyclic) bond motifs is 3. The molecule has 0 aliphatic heterocycles. The van der Waals surface area contributed by atoms with E-state index in [0.717, 1.165) is 22.3 Å². The first-order valence-electron chi connectivity index (χ1n) is 9.97. The Kier molecular flexibility index (Phi) is 5.74. The van der Waals surface area contributed by atoms with Crippen molar-refractivity contribution in [3.05, 3.63) is 44.5 Å². The molecular formula is C23H26NO6-. The van der Waals surface area contributed by atoms with Gasteiger partial charge in [-0.1, -0.05) is 13.8 Å². The highest BCUT2D eigenvalue weighted by molar-refractivity contribution is 6.07. The Labute approximate surface area is 174 Å². The van der Waals surface area contributed by atoms with Crippen molar-refractivity contribution < 1.29 is 23.5 Å². The molecule has 0 unspecified atom stereocenters. The molecule has 2 heterocycles. The van der Waals surface area contributed by atoms with Crippen molar-refractivity contribution in [2.75, 3.05) is 0 Å². The summed E-state index contributed by atoms with van der Waals surface area (Å²) in [4.78, 5) is 36.4. The number of carboxylic acids is 1. The van der Waals surface area contributed by atoms with Gasteiger partial charge in [0.25, 0.3) is 0 Å². The van der Waals surface area contributed by atoms with Crippen LogP contribution in [0.15, 0.2) is 19.7 Å².